The summed E-state index contributed by atoms with van der Waals surface area (Å²) in [5.74, 6) is -1.36. The Labute approximate surface area is 116 Å². The van der Waals surface area contributed by atoms with Crippen LogP contribution in [-0.4, -0.2) is 49.9 Å². The van der Waals surface area contributed by atoms with Gasteiger partial charge in [0.2, 0.25) is 0 Å². The van der Waals surface area contributed by atoms with Gasteiger partial charge >= 0.3 is 25.8 Å². The van der Waals surface area contributed by atoms with Crippen LogP contribution in [-0.2, 0) is 14.3 Å². The molecule has 0 bridgehead atoms. The second kappa shape index (κ2) is 9.73. The van der Waals surface area contributed by atoms with E-state index in [2.05, 4.69) is 0 Å². The van der Waals surface area contributed by atoms with Crippen molar-refractivity contribution in [1.29, 1.82) is 0 Å². The molecule has 0 aliphatic rings. The number of aliphatic carboxylic acids is 1. The van der Waals surface area contributed by atoms with Gasteiger partial charge in [0.1, 0.15) is 12.0 Å². The number of Topliss-reactive ketones (excluding diaryl/α,β-unsaturated/α-hetero) is 1. The maximum atomic E-state index is 11.8. The third kappa shape index (κ3) is 5.27. The fourth-order valence-electron chi connectivity index (χ4n) is 1.62. The van der Waals surface area contributed by atoms with Crippen molar-refractivity contribution < 1.29 is 19.4 Å². The Kier molecular flexibility index (Phi) is 10.9. The van der Waals surface area contributed by atoms with Crippen LogP contribution in [0.5, 0.6) is 0 Å². The van der Waals surface area contributed by atoms with E-state index >= 15 is 0 Å². The number of carbonyl (C=O) groups excluding carboxylic acids is 1. The van der Waals surface area contributed by atoms with Gasteiger partial charge < -0.3 is 9.84 Å². The summed E-state index contributed by atoms with van der Waals surface area (Å²) in [6, 6.07) is 0. The monoisotopic (exact) mass is 302 g/mol. The Bertz CT molecular complexity index is 237. The normalized spacial score (nSPS) is 10.8. The molecule has 0 saturated heterocycles. The quantitative estimate of drug-likeness (QED) is 0.393. The van der Waals surface area contributed by atoms with Gasteiger partial charge in [-0.15, -0.1) is 0 Å². The predicted octanol–water partition coefficient (Wildman–Crippen LogP) is 1.08. The zero-order valence-electron chi connectivity index (χ0n) is 10.4. The molecule has 0 aliphatic heterocycles. The van der Waals surface area contributed by atoms with E-state index in [1.807, 2.05) is 6.92 Å². The molecule has 17 heavy (non-hydrogen) atoms. The number of ketones is 1. The maximum absolute atomic E-state index is 11.8. The van der Waals surface area contributed by atoms with Crippen LogP contribution >= 0.6 is 0 Å². The molecule has 4 nitrogen and oxygen atoms in total. The van der Waals surface area contributed by atoms with Crippen molar-refractivity contribution in [3.8, 4) is 0 Å². The number of carbonyl (C=O) groups is 2. The van der Waals surface area contributed by atoms with E-state index in [1.165, 1.54) is 0 Å². The Morgan fingerprint density at radius 3 is 2.06 bits per heavy atom. The molecule has 0 aromatic rings. The Morgan fingerprint density at radius 1 is 1.18 bits per heavy atom. The molecule has 100 valence electrons. The zero-order chi connectivity index (χ0) is 12.6. The second-order valence-electron chi connectivity index (χ2n) is 3.92. The molecule has 0 unspecified atom stereocenters. The fraction of sp³-hybridized carbons (Fsp3) is 0.833. The number of ether oxygens (including phenoxy) is 1. The van der Waals surface area contributed by atoms with E-state index in [1.54, 1.807) is 13.8 Å². The number of hydrogen-bond acceptors (Lipinski definition) is 3. The molecule has 0 spiro atoms. The molecule has 0 saturated carbocycles. The number of hydrogen-bond donors (Lipinski definition) is 1. The van der Waals surface area contributed by atoms with Crippen LogP contribution in [0.4, 0.5) is 0 Å². The van der Waals surface area contributed by atoms with Crippen LogP contribution in [0.15, 0.2) is 0 Å². The average molecular weight is 303 g/mol. The molecule has 0 aliphatic carbocycles. The SMILES string of the molecule is CCCCOCC(=O)C(CC)(CC)C(=O)O.[GaH3]. The van der Waals surface area contributed by atoms with Gasteiger partial charge in [-0.3, -0.25) is 9.59 Å². The molecule has 0 heterocycles. The summed E-state index contributed by atoms with van der Waals surface area (Å²) in [6.45, 7) is 5.91. The zero-order valence-corrected chi connectivity index (χ0v) is 10.4. The topological polar surface area (TPSA) is 63.6 Å². The van der Waals surface area contributed by atoms with E-state index in [0.29, 0.717) is 19.4 Å². The third-order valence-electron chi connectivity index (χ3n) is 3.03. The van der Waals surface area contributed by atoms with Crippen molar-refractivity contribution in [3.63, 3.8) is 0 Å². The van der Waals surface area contributed by atoms with Crippen molar-refractivity contribution in [2.24, 2.45) is 5.41 Å². The van der Waals surface area contributed by atoms with Crippen molar-refractivity contribution >= 4 is 31.5 Å². The predicted molar refractivity (Wildman–Crippen MR) is 71.3 cm³/mol. The van der Waals surface area contributed by atoms with E-state index in [9.17, 15) is 9.59 Å². The van der Waals surface area contributed by atoms with Gasteiger partial charge in [0.05, 0.1) is 0 Å². The Hall–Kier alpha value is -0.264. The minimum absolute atomic E-state index is 0. The molecule has 0 atom stereocenters. The van der Waals surface area contributed by atoms with Gasteiger partial charge in [-0.05, 0) is 19.3 Å². The van der Waals surface area contributed by atoms with Gasteiger partial charge in [-0.1, -0.05) is 27.2 Å². The molecule has 0 fully saturated rings. The van der Waals surface area contributed by atoms with Crippen molar-refractivity contribution in [2.45, 2.75) is 46.5 Å². The number of rotatable bonds is 9. The molecule has 0 aromatic carbocycles. The minimum atomic E-state index is -1.26. The van der Waals surface area contributed by atoms with Crippen molar-refractivity contribution in [2.75, 3.05) is 13.2 Å². The first kappa shape index (κ1) is 19.1. The van der Waals surface area contributed by atoms with Crippen molar-refractivity contribution in [3.05, 3.63) is 0 Å². The molecule has 0 rings (SSSR count). The Morgan fingerprint density at radius 2 is 1.71 bits per heavy atom. The Balaban J connectivity index is 0. The number of carboxylic acid groups (broad SMARTS) is 1. The van der Waals surface area contributed by atoms with Gasteiger partial charge in [-0.2, -0.15) is 0 Å². The van der Waals surface area contributed by atoms with Gasteiger partial charge in [-0.25, -0.2) is 0 Å². The first-order chi connectivity index (χ1) is 7.55. The summed E-state index contributed by atoms with van der Waals surface area (Å²) < 4.78 is 5.18. The number of carboxylic acids is 1. The van der Waals surface area contributed by atoms with Gasteiger partial charge in [0, 0.05) is 6.61 Å². The van der Waals surface area contributed by atoms with E-state index in [4.69, 9.17) is 9.84 Å². The molecular formula is C12H25GaO4. The van der Waals surface area contributed by atoms with E-state index in [-0.39, 0.29) is 32.2 Å². The molecule has 1 N–H and O–H groups in total. The summed E-state index contributed by atoms with van der Waals surface area (Å²) in [6.07, 6.45) is 2.52. The summed E-state index contributed by atoms with van der Waals surface area (Å²) in [4.78, 5) is 23.0. The summed E-state index contributed by atoms with van der Waals surface area (Å²) in [5, 5.41) is 9.12. The van der Waals surface area contributed by atoms with Crippen LogP contribution in [0.1, 0.15) is 46.5 Å². The van der Waals surface area contributed by atoms with Crippen LogP contribution in [0.2, 0.25) is 0 Å². The van der Waals surface area contributed by atoms with E-state index < -0.39 is 11.4 Å². The first-order valence-electron chi connectivity index (χ1n) is 5.89. The van der Waals surface area contributed by atoms with Gasteiger partial charge in [0.25, 0.3) is 0 Å². The fourth-order valence-corrected chi connectivity index (χ4v) is 1.62. The van der Waals surface area contributed by atoms with Gasteiger partial charge in [0.15, 0.2) is 5.78 Å². The standard InChI is InChI=1S/C12H22O4.Ga.3H/c1-4-7-8-16-9-10(13)12(5-2,6-3)11(14)15;;;;/h4-9H2,1-3H3,(H,14,15);;;;. The second-order valence-corrected chi connectivity index (χ2v) is 3.92. The van der Waals surface area contributed by atoms with Crippen molar-refractivity contribution in [1.82, 2.24) is 0 Å². The molecule has 0 amide bonds. The molecule has 0 radical (unpaired) electrons. The third-order valence-corrected chi connectivity index (χ3v) is 3.03. The average Bonchev–Trinajstić information content (AvgIpc) is 2.26. The van der Waals surface area contributed by atoms with Crippen LogP contribution in [0.3, 0.4) is 0 Å². The summed E-state index contributed by atoms with van der Waals surface area (Å²) in [5.41, 5.74) is -1.26. The van der Waals surface area contributed by atoms with Crippen LogP contribution in [0.25, 0.3) is 0 Å². The van der Waals surface area contributed by atoms with E-state index in [0.717, 1.165) is 12.8 Å². The summed E-state index contributed by atoms with van der Waals surface area (Å²) in [7, 11) is 0. The molecule has 5 heteroatoms. The summed E-state index contributed by atoms with van der Waals surface area (Å²) >= 11 is 0. The molecule has 0 aromatic heterocycles. The van der Waals surface area contributed by atoms with Crippen LogP contribution < -0.4 is 0 Å². The molecular weight excluding hydrogens is 278 g/mol. The first-order valence-corrected chi connectivity index (χ1v) is 5.89. The van der Waals surface area contributed by atoms with Crippen LogP contribution in [0, 0.1) is 5.41 Å². The number of unbranched alkanes of at least 4 members (excludes halogenated alkanes) is 1.